The molecule has 9 heteroatoms. The van der Waals surface area contributed by atoms with Crippen LogP contribution in [0.2, 0.25) is 5.02 Å². The number of anilines is 1. The van der Waals surface area contributed by atoms with Crippen molar-refractivity contribution in [3.63, 3.8) is 0 Å². The Hall–Kier alpha value is -2.81. The molecule has 1 amide bonds. The van der Waals surface area contributed by atoms with Crippen LogP contribution in [0.4, 0.5) is 5.69 Å². The van der Waals surface area contributed by atoms with E-state index in [0.29, 0.717) is 16.0 Å². The molecule has 33 heavy (non-hydrogen) atoms. The Morgan fingerprint density at radius 2 is 1.82 bits per heavy atom. The van der Waals surface area contributed by atoms with E-state index < -0.39 is 0 Å². The summed E-state index contributed by atoms with van der Waals surface area (Å²) in [6, 6.07) is 20.7. The summed E-state index contributed by atoms with van der Waals surface area (Å²) in [5.74, 6) is 1.48. The lowest BCUT2D eigenvalue weighted by Crippen LogP contribution is -2.15. The monoisotopic (exact) mass is 542 g/mol. The van der Waals surface area contributed by atoms with Gasteiger partial charge in [0.15, 0.2) is 11.0 Å². The molecule has 0 fully saturated rings. The lowest BCUT2D eigenvalue weighted by atomic mass is 10.2. The number of amides is 1. The van der Waals surface area contributed by atoms with E-state index in [4.69, 9.17) is 16.3 Å². The number of benzene rings is 3. The number of aromatic nitrogens is 3. The zero-order valence-electron chi connectivity index (χ0n) is 17.9. The van der Waals surface area contributed by atoms with Crippen LogP contribution < -0.4 is 10.1 Å². The summed E-state index contributed by atoms with van der Waals surface area (Å²) in [5.41, 5.74) is 3.48. The van der Waals surface area contributed by atoms with E-state index in [2.05, 4.69) is 31.4 Å². The van der Waals surface area contributed by atoms with Gasteiger partial charge in [-0.15, -0.1) is 10.2 Å². The SMILES string of the molecule is COc1ccc(-c2nnc(SCC(=O)Nc3ccc(Br)cc3C)n2-c2ccc(Cl)cc2)cc1. The molecule has 0 saturated heterocycles. The van der Waals surface area contributed by atoms with Gasteiger partial charge in [0.2, 0.25) is 5.91 Å². The number of aryl methyl sites for hydroxylation is 1. The maximum atomic E-state index is 12.6. The Kier molecular flexibility index (Phi) is 7.37. The second-order valence-electron chi connectivity index (χ2n) is 7.14. The van der Waals surface area contributed by atoms with Gasteiger partial charge in [-0.1, -0.05) is 39.3 Å². The Morgan fingerprint density at radius 1 is 1.09 bits per heavy atom. The van der Waals surface area contributed by atoms with Gasteiger partial charge in [0, 0.05) is 26.4 Å². The van der Waals surface area contributed by atoms with Crippen molar-refractivity contribution < 1.29 is 9.53 Å². The van der Waals surface area contributed by atoms with Crippen molar-refractivity contribution in [2.75, 3.05) is 18.2 Å². The molecule has 0 bridgehead atoms. The number of hydrogen-bond donors (Lipinski definition) is 1. The Bertz CT molecular complexity index is 1280. The minimum absolute atomic E-state index is 0.123. The number of ether oxygens (including phenoxy) is 1. The molecule has 4 rings (SSSR count). The number of carbonyl (C=O) groups is 1. The predicted molar refractivity (Wildman–Crippen MR) is 137 cm³/mol. The molecule has 0 atom stereocenters. The van der Waals surface area contributed by atoms with E-state index in [0.717, 1.165) is 32.7 Å². The molecule has 0 aliphatic rings. The van der Waals surface area contributed by atoms with E-state index in [1.165, 1.54) is 11.8 Å². The molecule has 0 saturated carbocycles. The molecular formula is C24H20BrClN4O2S. The lowest BCUT2D eigenvalue weighted by Gasteiger charge is -2.11. The molecule has 0 aliphatic heterocycles. The molecular weight excluding hydrogens is 524 g/mol. The van der Waals surface area contributed by atoms with Crippen molar-refractivity contribution in [3.05, 3.63) is 81.8 Å². The number of halogens is 2. The molecule has 0 aliphatic carbocycles. The third-order valence-corrected chi connectivity index (χ3v) is 6.54. The highest BCUT2D eigenvalue weighted by molar-refractivity contribution is 9.10. The molecule has 6 nitrogen and oxygen atoms in total. The highest BCUT2D eigenvalue weighted by atomic mass is 79.9. The molecule has 0 unspecified atom stereocenters. The van der Waals surface area contributed by atoms with Crippen molar-refractivity contribution in [2.45, 2.75) is 12.1 Å². The zero-order valence-corrected chi connectivity index (χ0v) is 21.0. The number of methoxy groups -OCH3 is 1. The standard InChI is InChI=1S/C24H20BrClN4O2S/c1-15-13-17(25)5-12-21(15)27-22(31)14-33-24-29-28-23(16-3-10-20(32-2)11-4-16)30(24)19-8-6-18(26)7-9-19/h3-13H,14H2,1-2H3,(H,27,31). The first-order chi connectivity index (χ1) is 15.9. The number of thioether (sulfide) groups is 1. The second-order valence-corrected chi connectivity index (χ2v) is 9.44. The number of hydrogen-bond acceptors (Lipinski definition) is 5. The normalized spacial score (nSPS) is 10.8. The van der Waals surface area contributed by atoms with Crippen molar-refractivity contribution >= 4 is 50.9 Å². The molecule has 1 N–H and O–H groups in total. The van der Waals surface area contributed by atoms with Gasteiger partial charge in [-0.3, -0.25) is 9.36 Å². The van der Waals surface area contributed by atoms with Crippen LogP contribution >= 0.6 is 39.3 Å². The molecule has 3 aromatic carbocycles. The van der Waals surface area contributed by atoms with Gasteiger partial charge in [-0.05, 0) is 79.2 Å². The van der Waals surface area contributed by atoms with E-state index >= 15 is 0 Å². The quantitative estimate of drug-likeness (QED) is 0.273. The molecule has 1 aromatic heterocycles. The van der Waals surface area contributed by atoms with Gasteiger partial charge in [-0.25, -0.2) is 0 Å². The van der Waals surface area contributed by atoms with E-state index in [1.807, 2.05) is 78.2 Å². The molecule has 0 radical (unpaired) electrons. The number of nitrogens with zero attached hydrogens (tertiary/aromatic N) is 3. The minimum Gasteiger partial charge on any atom is -0.497 e. The predicted octanol–water partition coefficient (Wildman–Crippen LogP) is 6.40. The minimum atomic E-state index is -0.123. The van der Waals surface area contributed by atoms with E-state index in [-0.39, 0.29) is 11.7 Å². The summed E-state index contributed by atoms with van der Waals surface area (Å²) in [6.07, 6.45) is 0. The topological polar surface area (TPSA) is 69.0 Å². The van der Waals surface area contributed by atoms with E-state index in [1.54, 1.807) is 7.11 Å². The fraction of sp³-hybridized carbons (Fsp3) is 0.125. The number of rotatable bonds is 7. The summed E-state index contributed by atoms with van der Waals surface area (Å²) in [6.45, 7) is 1.95. The first-order valence-electron chi connectivity index (χ1n) is 9.99. The Balaban J connectivity index is 1.60. The van der Waals surface area contributed by atoms with Crippen LogP contribution in [0, 0.1) is 6.92 Å². The van der Waals surface area contributed by atoms with Crippen molar-refractivity contribution in [2.24, 2.45) is 0 Å². The average Bonchev–Trinajstić information content (AvgIpc) is 3.24. The highest BCUT2D eigenvalue weighted by Gasteiger charge is 2.18. The average molecular weight is 544 g/mol. The molecule has 168 valence electrons. The van der Waals surface area contributed by atoms with Crippen molar-refractivity contribution in [3.8, 4) is 22.8 Å². The van der Waals surface area contributed by atoms with Crippen molar-refractivity contribution in [1.29, 1.82) is 0 Å². The third kappa shape index (κ3) is 5.58. The van der Waals surface area contributed by atoms with Crippen LogP contribution in [-0.4, -0.2) is 33.5 Å². The summed E-state index contributed by atoms with van der Waals surface area (Å²) >= 11 is 10.8. The fourth-order valence-electron chi connectivity index (χ4n) is 3.20. The largest absolute Gasteiger partial charge is 0.497 e. The van der Waals surface area contributed by atoms with Gasteiger partial charge in [0.25, 0.3) is 0 Å². The van der Waals surface area contributed by atoms with Gasteiger partial charge in [-0.2, -0.15) is 0 Å². The molecule has 4 aromatic rings. The smallest absolute Gasteiger partial charge is 0.234 e. The van der Waals surface area contributed by atoms with Gasteiger partial charge >= 0.3 is 0 Å². The number of carbonyl (C=O) groups excluding carboxylic acids is 1. The van der Waals surface area contributed by atoms with Crippen LogP contribution in [-0.2, 0) is 4.79 Å². The summed E-state index contributed by atoms with van der Waals surface area (Å²) in [5, 5.41) is 13.0. The third-order valence-electron chi connectivity index (χ3n) is 4.86. The molecule has 1 heterocycles. The van der Waals surface area contributed by atoms with Crippen LogP contribution in [0.25, 0.3) is 17.1 Å². The first kappa shape index (κ1) is 23.4. The first-order valence-corrected chi connectivity index (χ1v) is 12.1. The summed E-state index contributed by atoms with van der Waals surface area (Å²) in [4.78, 5) is 12.6. The number of nitrogens with one attached hydrogen (secondary N) is 1. The van der Waals surface area contributed by atoms with Gasteiger partial charge in [0.1, 0.15) is 5.75 Å². The Morgan fingerprint density at radius 3 is 2.48 bits per heavy atom. The van der Waals surface area contributed by atoms with Gasteiger partial charge in [0.05, 0.1) is 12.9 Å². The highest BCUT2D eigenvalue weighted by Crippen LogP contribution is 2.30. The zero-order chi connectivity index (χ0) is 23.4. The molecule has 0 spiro atoms. The van der Waals surface area contributed by atoms with Crippen LogP contribution in [0.5, 0.6) is 5.75 Å². The lowest BCUT2D eigenvalue weighted by molar-refractivity contribution is -0.113. The van der Waals surface area contributed by atoms with E-state index in [9.17, 15) is 4.79 Å². The summed E-state index contributed by atoms with van der Waals surface area (Å²) in [7, 11) is 1.63. The van der Waals surface area contributed by atoms with Crippen molar-refractivity contribution in [1.82, 2.24) is 14.8 Å². The Labute approximate surface area is 209 Å². The van der Waals surface area contributed by atoms with Crippen LogP contribution in [0.1, 0.15) is 5.56 Å². The fourth-order valence-corrected chi connectivity index (χ4v) is 4.55. The van der Waals surface area contributed by atoms with Crippen LogP contribution in [0.15, 0.2) is 76.4 Å². The maximum absolute atomic E-state index is 12.6. The maximum Gasteiger partial charge on any atom is 0.234 e. The second kappa shape index (κ2) is 10.4. The van der Waals surface area contributed by atoms with Crippen LogP contribution in [0.3, 0.4) is 0 Å². The summed E-state index contributed by atoms with van der Waals surface area (Å²) < 4.78 is 8.14. The van der Waals surface area contributed by atoms with Gasteiger partial charge < -0.3 is 10.1 Å².